The average Bonchev–Trinajstić information content (AvgIpc) is 2.36. The lowest BCUT2D eigenvalue weighted by Gasteiger charge is -2.30. The maximum atomic E-state index is 12.6. The molecule has 1 aliphatic rings. The summed E-state index contributed by atoms with van der Waals surface area (Å²) in [6.07, 6.45) is 4.27. The lowest BCUT2D eigenvalue weighted by molar-refractivity contribution is -0.122. The number of aryl methyl sites for hydroxylation is 1. The van der Waals surface area contributed by atoms with Crippen LogP contribution >= 0.6 is 0 Å². The number of carbonyl (C=O) groups is 1. The summed E-state index contributed by atoms with van der Waals surface area (Å²) < 4.78 is 0. The summed E-state index contributed by atoms with van der Waals surface area (Å²) in [5.74, 6) is 1.42. The fraction of sp³-hybridized carbons (Fsp3) is 0.500. The molecule has 0 aromatic heterocycles. The number of ketones is 1. The van der Waals surface area contributed by atoms with Crippen LogP contribution in [0, 0.1) is 24.7 Å². The second-order valence-corrected chi connectivity index (χ2v) is 6.20. The SMILES string of the molecule is Cc1ccc(C=C2C(=O)[C@H](C(C)C)CC[C@H]2C)cc1. The number of Topliss-reactive ketones (excluding diaryl/α,β-unsaturated/α-hetero) is 1. The molecule has 0 bridgehead atoms. The van der Waals surface area contributed by atoms with E-state index in [0.29, 0.717) is 17.6 Å². The topological polar surface area (TPSA) is 17.1 Å². The van der Waals surface area contributed by atoms with Crippen molar-refractivity contribution >= 4 is 11.9 Å². The van der Waals surface area contributed by atoms with Crippen molar-refractivity contribution in [3.8, 4) is 0 Å². The smallest absolute Gasteiger partial charge is 0.162 e. The van der Waals surface area contributed by atoms with Gasteiger partial charge in [0.15, 0.2) is 5.78 Å². The Morgan fingerprint density at radius 3 is 2.37 bits per heavy atom. The van der Waals surface area contributed by atoms with Gasteiger partial charge in [-0.25, -0.2) is 0 Å². The van der Waals surface area contributed by atoms with Crippen molar-refractivity contribution in [1.29, 1.82) is 0 Å². The van der Waals surface area contributed by atoms with Gasteiger partial charge < -0.3 is 0 Å². The summed E-state index contributed by atoms with van der Waals surface area (Å²) in [6, 6.07) is 8.40. The summed E-state index contributed by atoms with van der Waals surface area (Å²) in [5, 5.41) is 0. The van der Waals surface area contributed by atoms with Crippen molar-refractivity contribution in [3.05, 3.63) is 41.0 Å². The first kappa shape index (κ1) is 14.0. The monoisotopic (exact) mass is 256 g/mol. The molecule has 0 saturated heterocycles. The van der Waals surface area contributed by atoms with Gasteiger partial charge in [-0.05, 0) is 48.8 Å². The largest absolute Gasteiger partial charge is 0.294 e. The zero-order valence-electron chi connectivity index (χ0n) is 12.4. The molecule has 0 radical (unpaired) electrons. The highest BCUT2D eigenvalue weighted by molar-refractivity contribution is 6.02. The molecule has 19 heavy (non-hydrogen) atoms. The van der Waals surface area contributed by atoms with Gasteiger partial charge in [0.1, 0.15) is 0 Å². The molecule has 1 aliphatic carbocycles. The van der Waals surface area contributed by atoms with E-state index in [4.69, 9.17) is 0 Å². The van der Waals surface area contributed by atoms with Crippen LogP contribution in [0.1, 0.15) is 44.7 Å². The van der Waals surface area contributed by atoms with E-state index in [0.717, 1.165) is 24.0 Å². The van der Waals surface area contributed by atoms with Crippen molar-refractivity contribution in [3.63, 3.8) is 0 Å². The molecule has 1 saturated carbocycles. The van der Waals surface area contributed by atoms with E-state index in [1.54, 1.807) is 0 Å². The standard InChI is InChI=1S/C18H24O/c1-12(2)16-10-7-14(4)17(18(16)19)11-15-8-5-13(3)6-9-15/h5-6,8-9,11-12,14,16H,7,10H2,1-4H3/t14-,16+/m1/s1. The minimum atomic E-state index is 0.216. The Labute approximate surface area is 116 Å². The Morgan fingerprint density at radius 2 is 1.79 bits per heavy atom. The maximum absolute atomic E-state index is 12.6. The van der Waals surface area contributed by atoms with Gasteiger partial charge in [-0.3, -0.25) is 4.79 Å². The van der Waals surface area contributed by atoms with E-state index < -0.39 is 0 Å². The fourth-order valence-corrected chi connectivity index (χ4v) is 2.86. The number of allylic oxidation sites excluding steroid dienone is 1. The van der Waals surface area contributed by atoms with Crippen molar-refractivity contribution in [2.24, 2.45) is 17.8 Å². The number of carbonyl (C=O) groups excluding carboxylic acids is 1. The first-order valence-corrected chi connectivity index (χ1v) is 7.31. The third-order valence-electron chi connectivity index (χ3n) is 4.27. The summed E-state index contributed by atoms with van der Waals surface area (Å²) in [6.45, 7) is 8.57. The number of rotatable bonds is 2. The Bertz CT molecular complexity index is 479. The molecule has 0 amide bonds. The molecule has 1 heteroatoms. The molecular weight excluding hydrogens is 232 g/mol. The maximum Gasteiger partial charge on any atom is 0.162 e. The molecule has 0 unspecified atom stereocenters. The minimum Gasteiger partial charge on any atom is -0.294 e. The van der Waals surface area contributed by atoms with Crippen LogP contribution in [0.25, 0.3) is 6.08 Å². The molecule has 1 fully saturated rings. The predicted molar refractivity (Wildman–Crippen MR) is 80.9 cm³/mol. The number of benzene rings is 1. The molecule has 1 nitrogen and oxygen atoms in total. The van der Waals surface area contributed by atoms with E-state index in [9.17, 15) is 4.79 Å². The molecule has 102 valence electrons. The van der Waals surface area contributed by atoms with Crippen LogP contribution in [0.5, 0.6) is 0 Å². The van der Waals surface area contributed by atoms with Crippen molar-refractivity contribution in [2.75, 3.05) is 0 Å². The van der Waals surface area contributed by atoms with Gasteiger partial charge in [0.25, 0.3) is 0 Å². The molecule has 1 aromatic carbocycles. The third-order valence-corrected chi connectivity index (χ3v) is 4.27. The molecule has 1 aromatic rings. The number of hydrogen-bond donors (Lipinski definition) is 0. The van der Waals surface area contributed by atoms with Crippen LogP contribution in [0.15, 0.2) is 29.8 Å². The summed E-state index contributed by atoms with van der Waals surface area (Å²) in [4.78, 5) is 12.6. The van der Waals surface area contributed by atoms with Crippen molar-refractivity contribution < 1.29 is 4.79 Å². The van der Waals surface area contributed by atoms with Crippen LogP contribution < -0.4 is 0 Å². The van der Waals surface area contributed by atoms with E-state index in [2.05, 4.69) is 58.0 Å². The molecule has 2 atom stereocenters. The highest BCUT2D eigenvalue weighted by Crippen LogP contribution is 2.35. The number of hydrogen-bond acceptors (Lipinski definition) is 1. The third kappa shape index (κ3) is 3.15. The van der Waals surface area contributed by atoms with Gasteiger partial charge in [0, 0.05) is 5.92 Å². The van der Waals surface area contributed by atoms with E-state index in [-0.39, 0.29) is 5.92 Å². The van der Waals surface area contributed by atoms with Crippen LogP contribution in [-0.2, 0) is 4.79 Å². The quantitative estimate of drug-likeness (QED) is 0.704. The molecule has 0 spiro atoms. The van der Waals surface area contributed by atoms with Crippen LogP contribution in [-0.4, -0.2) is 5.78 Å². The van der Waals surface area contributed by atoms with E-state index in [1.807, 2.05) is 0 Å². The molecule has 0 aliphatic heterocycles. The van der Waals surface area contributed by atoms with Crippen molar-refractivity contribution in [2.45, 2.75) is 40.5 Å². The van der Waals surface area contributed by atoms with Gasteiger partial charge in [0.05, 0.1) is 0 Å². The lowest BCUT2D eigenvalue weighted by Crippen LogP contribution is -2.30. The Balaban J connectivity index is 2.29. The van der Waals surface area contributed by atoms with E-state index in [1.165, 1.54) is 5.56 Å². The van der Waals surface area contributed by atoms with Gasteiger partial charge in [0.2, 0.25) is 0 Å². The molecule has 0 heterocycles. The van der Waals surface area contributed by atoms with E-state index >= 15 is 0 Å². The fourth-order valence-electron chi connectivity index (χ4n) is 2.86. The Morgan fingerprint density at radius 1 is 1.16 bits per heavy atom. The lowest BCUT2D eigenvalue weighted by atomic mass is 9.73. The van der Waals surface area contributed by atoms with Gasteiger partial charge in [-0.2, -0.15) is 0 Å². The highest BCUT2D eigenvalue weighted by Gasteiger charge is 2.32. The Hall–Kier alpha value is -1.37. The van der Waals surface area contributed by atoms with Crippen LogP contribution in [0.2, 0.25) is 0 Å². The van der Waals surface area contributed by atoms with Crippen molar-refractivity contribution in [1.82, 2.24) is 0 Å². The molecular formula is C18H24O. The summed E-state index contributed by atoms with van der Waals surface area (Å²) in [7, 11) is 0. The predicted octanol–water partition coefficient (Wildman–Crippen LogP) is 4.65. The van der Waals surface area contributed by atoms with Gasteiger partial charge >= 0.3 is 0 Å². The molecule has 0 N–H and O–H groups in total. The second kappa shape index (κ2) is 5.73. The minimum absolute atomic E-state index is 0.216. The second-order valence-electron chi connectivity index (χ2n) is 6.20. The first-order chi connectivity index (χ1) is 8.99. The normalized spacial score (nSPS) is 26.2. The van der Waals surface area contributed by atoms with Crippen LogP contribution in [0.4, 0.5) is 0 Å². The first-order valence-electron chi connectivity index (χ1n) is 7.31. The summed E-state index contributed by atoms with van der Waals surface area (Å²) in [5.41, 5.74) is 3.42. The van der Waals surface area contributed by atoms with Gasteiger partial charge in [-0.1, -0.05) is 50.6 Å². The van der Waals surface area contributed by atoms with Crippen LogP contribution in [0.3, 0.4) is 0 Å². The zero-order valence-corrected chi connectivity index (χ0v) is 12.4. The van der Waals surface area contributed by atoms with Gasteiger partial charge in [-0.15, -0.1) is 0 Å². The summed E-state index contributed by atoms with van der Waals surface area (Å²) >= 11 is 0. The Kier molecular flexibility index (Phi) is 4.24. The highest BCUT2D eigenvalue weighted by atomic mass is 16.1. The zero-order chi connectivity index (χ0) is 14.0. The average molecular weight is 256 g/mol. The molecule has 2 rings (SSSR count).